The van der Waals surface area contributed by atoms with E-state index in [2.05, 4.69) is 15.5 Å². The number of nitrogens with zero attached hydrogens (tertiary/aromatic N) is 4. The van der Waals surface area contributed by atoms with E-state index >= 15 is 0 Å². The number of nitrogens with one attached hydrogen (secondary N) is 1. The number of aromatic nitrogens is 3. The van der Waals surface area contributed by atoms with E-state index in [-0.39, 0.29) is 17.7 Å². The average Bonchev–Trinajstić information content (AvgIpc) is 3.12. The van der Waals surface area contributed by atoms with Gasteiger partial charge in [0.2, 0.25) is 16.8 Å². The van der Waals surface area contributed by atoms with Crippen LogP contribution in [-0.2, 0) is 16.0 Å². The van der Waals surface area contributed by atoms with Crippen LogP contribution in [0.5, 0.6) is 0 Å². The summed E-state index contributed by atoms with van der Waals surface area (Å²) >= 11 is 1.55. The Balaban J connectivity index is 1.45. The number of fused-ring (bicyclic) bond motifs is 1. The maximum Gasteiger partial charge on any atom is 0.223 e. The Kier molecular flexibility index (Phi) is 4.37. The molecule has 1 aliphatic rings. The van der Waals surface area contributed by atoms with E-state index in [9.17, 15) is 9.59 Å². The van der Waals surface area contributed by atoms with Gasteiger partial charge in [0.1, 0.15) is 6.33 Å². The molecule has 0 saturated carbocycles. The number of carbonyl (C=O) groups excluding carboxylic acids is 2. The van der Waals surface area contributed by atoms with Gasteiger partial charge in [-0.15, -0.1) is 21.5 Å². The third kappa shape index (κ3) is 3.11. The quantitative estimate of drug-likeness (QED) is 0.899. The second kappa shape index (κ2) is 6.43. The van der Waals surface area contributed by atoms with Crippen LogP contribution < -0.4 is 5.32 Å². The van der Waals surface area contributed by atoms with Crippen molar-refractivity contribution in [1.82, 2.24) is 24.8 Å². The van der Waals surface area contributed by atoms with E-state index in [4.69, 9.17) is 0 Å². The fourth-order valence-corrected chi connectivity index (χ4v) is 3.62. The second-order valence-corrected chi connectivity index (χ2v) is 6.37. The molecule has 0 unspecified atom stereocenters. The molecule has 118 valence electrons. The fraction of sp³-hybridized carbons (Fsp3) is 0.571. The molecule has 3 rings (SSSR count). The Morgan fingerprint density at radius 1 is 1.41 bits per heavy atom. The molecule has 2 amide bonds. The summed E-state index contributed by atoms with van der Waals surface area (Å²) in [6.45, 7) is 3.54. The smallest absolute Gasteiger partial charge is 0.223 e. The molecule has 8 heteroatoms. The Bertz CT molecular complexity index is 672. The van der Waals surface area contributed by atoms with Crippen LogP contribution in [0, 0.1) is 5.92 Å². The highest BCUT2D eigenvalue weighted by molar-refractivity contribution is 7.15. The lowest BCUT2D eigenvalue weighted by molar-refractivity contribution is -0.133. The van der Waals surface area contributed by atoms with Crippen molar-refractivity contribution in [2.24, 2.45) is 5.92 Å². The summed E-state index contributed by atoms with van der Waals surface area (Å²) < 4.78 is 1.95. The van der Waals surface area contributed by atoms with Crippen molar-refractivity contribution in [1.29, 1.82) is 0 Å². The molecule has 2 aromatic heterocycles. The summed E-state index contributed by atoms with van der Waals surface area (Å²) in [5, 5.41) is 12.9. The number of piperidine rings is 1. The van der Waals surface area contributed by atoms with Crippen molar-refractivity contribution in [3.05, 3.63) is 17.4 Å². The minimum atomic E-state index is 0.0213. The van der Waals surface area contributed by atoms with Crippen LogP contribution >= 0.6 is 11.3 Å². The number of hydrogen-bond acceptors (Lipinski definition) is 5. The van der Waals surface area contributed by atoms with Gasteiger partial charge in [-0.25, -0.2) is 0 Å². The molecule has 1 N–H and O–H groups in total. The number of hydrogen-bond donors (Lipinski definition) is 1. The van der Waals surface area contributed by atoms with Crippen LogP contribution in [0.25, 0.3) is 4.96 Å². The number of thiazole rings is 1. The van der Waals surface area contributed by atoms with Crippen molar-refractivity contribution in [3.8, 4) is 0 Å². The van der Waals surface area contributed by atoms with Crippen LogP contribution in [0.2, 0.25) is 0 Å². The van der Waals surface area contributed by atoms with E-state index in [1.54, 1.807) is 29.5 Å². The topological polar surface area (TPSA) is 79.6 Å². The SMILES string of the molecule is CC(=O)N1CCC(C(=O)NCCc2csc3nncn23)CC1. The highest BCUT2D eigenvalue weighted by Crippen LogP contribution is 2.17. The van der Waals surface area contributed by atoms with Crippen molar-refractivity contribution >= 4 is 28.1 Å². The molecule has 0 radical (unpaired) electrons. The number of rotatable bonds is 4. The molecule has 0 spiro atoms. The first-order valence-electron chi connectivity index (χ1n) is 7.44. The number of carbonyl (C=O) groups is 2. The first-order valence-corrected chi connectivity index (χ1v) is 8.32. The van der Waals surface area contributed by atoms with Gasteiger partial charge >= 0.3 is 0 Å². The summed E-state index contributed by atoms with van der Waals surface area (Å²) in [7, 11) is 0. The van der Waals surface area contributed by atoms with Crippen molar-refractivity contribution in [2.75, 3.05) is 19.6 Å². The number of amides is 2. The molecule has 1 aliphatic heterocycles. The predicted molar refractivity (Wildman–Crippen MR) is 82.6 cm³/mol. The van der Waals surface area contributed by atoms with Crippen LogP contribution in [0.15, 0.2) is 11.7 Å². The van der Waals surface area contributed by atoms with Crippen LogP contribution in [0.1, 0.15) is 25.5 Å². The van der Waals surface area contributed by atoms with Gasteiger partial charge in [0.05, 0.1) is 0 Å². The minimum Gasteiger partial charge on any atom is -0.355 e. The fourth-order valence-electron chi connectivity index (χ4n) is 2.77. The molecule has 2 aromatic rings. The molecular weight excluding hydrogens is 302 g/mol. The molecular formula is C14H19N5O2S. The standard InChI is InChI=1S/C14H19N5O2S/c1-10(20)18-6-3-11(4-7-18)13(21)15-5-2-12-8-22-14-17-16-9-19(12)14/h8-9,11H,2-7H2,1H3,(H,15,21). The summed E-state index contributed by atoms with van der Waals surface area (Å²) in [5.74, 6) is 0.209. The maximum absolute atomic E-state index is 12.2. The minimum absolute atomic E-state index is 0.0213. The molecule has 0 aliphatic carbocycles. The summed E-state index contributed by atoms with van der Waals surface area (Å²) in [6, 6.07) is 0. The second-order valence-electron chi connectivity index (χ2n) is 5.53. The monoisotopic (exact) mass is 321 g/mol. The Morgan fingerprint density at radius 2 is 2.18 bits per heavy atom. The summed E-state index contributed by atoms with van der Waals surface area (Å²) in [5.41, 5.74) is 1.11. The lowest BCUT2D eigenvalue weighted by atomic mass is 9.96. The van der Waals surface area contributed by atoms with Gasteiger partial charge < -0.3 is 10.2 Å². The zero-order chi connectivity index (χ0) is 15.5. The zero-order valence-electron chi connectivity index (χ0n) is 12.5. The van der Waals surface area contributed by atoms with Crippen LogP contribution in [0.4, 0.5) is 0 Å². The molecule has 0 bridgehead atoms. The molecule has 3 heterocycles. The summed E-state index contributed by atoms with van der Waals surface area (Å²) in [4.78, 5) is 26.1. The van der Waals surface area contributed by atoms with Crippen molar-refractivity contribution in [2.45, 2.75) is 26.2 Å². The maximum atomic E-state index is 12.2. The van der Waals surface area contributed by atoms with Gasteiger partial charge in [0.25, 0.3) is 0 Å². The van der Waals surface area contributed by atoms with Crippen LogP contribution in [-0.4, -0.2) is 50.9 Å². The van der Waals surface area contributed by atoms with Gasteiger partial charge in [-0.3, -0.25) is 14.0 Å². The molecule has 0 aromatic carbocycles. The zero-order valence-corrected chi connectivity index (χ0v) is 13.3. The van der Waals surface area contributed by atoms with Crippen molar-refractivity contribution < 1.29 is 9.59 Å². The summed E-state index contributed by atoms with van der Waals surface area (Å²) in [6.07, 6.45) is 3.95. The van der Waals surface area contributed by atoms with Gasteiger partial charge in [0.15, 0.2) is 0 Å². The largest absolute Gasteiger partial charge is 0.355 e. The third-order valence-electron chi connectivity index (χ3n) is 4.12. The van der Waals surface area contributed by atoms with Gasteiger partial charge in [-0.05, 0) is 12.8 Å². The first-order chi connectivity index (χ1) is 10.6. The van der Waals surface area contributed by atoms with E-state index in [0.29, 0.717) is 19.6 Å². The average molecular weight is 321 g/mol. The van der Waals surface area contributed by atoms with Gasteiger partial charge in [-0.1, -0.05) is 0 Å². The van der Waals surface area contributed by atoms with Gasteiger partial charge in [-0.2, -0.15) is 0 Å². The molecule has 0 atom stereocenters. The van der Waals surface area contributed by atoms with E-state index in [1.807, 2.05) is 9.78 Å². The molecule has 1 fully saturated rings. The highest BCUT2D eigenvalue weighted by Gasteiger charge is 2.25. The lowest BCUT2D eigenvalue weighted by Crippen LogP contribution is -2.42. The normalized spacial score (nSPS) is 16.1. The van der Waals surface area contributed by atoms with Crippen molar-refractivity contribution in [3.63, 3.8) is 0 Å². The van der Waals surface area contributed by atoms with Gasteiger partial charge in [0, 0.05) is 50.0 Å². The lowest BCUT2D eigenvalue weighted by Gasteiger charge is -2.30. The Morgan fingerprint density at radius 3 is 2.91 bits per heavy atom. The highest BCUT2D eigenvalue weighted by atomic mass is 32.1. The predicted octanol–water partition coefficient (Wildman–Crippen LogP) is 0.708. The molecule has 22 heavy (non-hydrogen) atoms. The van der Waals surface area contributed by atoms with E-state index in [0.717, 1.165) is 29.9 Å². The molecule has 1 saturated heterocycles. The first kappa shape index (κ1) is 15.0. The van der Waals surface area contributed by atoms with E-state index < -0.39 is 0 Å². The van der Waals surface area contributed by atoms with Crippen LogP contribution in [0.3, 0.4) is 0 Å². The molecule has 7 nitrogen and oxygen atoms in total. The van der Waals surface area contributed by atoms with E-state index in [1.165, 1.54) is 0 Å². The Hall–Kier alpha value is -1.96. The third-order valence-corrected chi connectivity index (χ3v) is 5.00. The Labute approximate surface area is 132 Å². The number of likely N-dealkylation sites (tertiary alicyclic amines) is 1.